The minimum absolute atomic E-state index is 0.145. The van der Waals surface area contributed by atoms with Gasteiger partial charge < -0.3 is 4.57 Å². The fraction of sp³-hybridized carbons (Fsp3) is 0.111. The molecule has 0 amide bonds. The number of rotatable bonds is 1. The number of aryl methyl sites for hydroxylation is 1. The first-order valence-electron chi connectivity index (χ1n) is 4.08. The van der Waals surface area contributed by atoms with Gasteiger partial charge in [0, 0.05) is 12.6 Å². The molecule has 2 rings (SSSR count). The standard InChI is InChI=1S/C9H6F3N3/c1-15-4-13-14-9(15)5-2-6(10)8(12)7(11)3-5/h2-4H,1H3. The number of hydrogen-bond acceptors (Lipinski definition) is 2. The van der Waals surface area contributed by atoms with Crippen molar-refractivity contribution in [2.24, 2.45) is 7.05 Å². The summed E-state index contributed by atoms with van der Waals surface area (Å²) in [5.41, 5.74) is 0.145. The molecule has 0 unspecified atom stereocenters. The second-order valence-electron chi connectivity index (χ2n) is 3.02. The molecule has 0 aliphatic rings. The molecule has 1 aromatic heterocycles. The van der Waals surface area contributed by atoms with Gasteiger partial charge in [0.2, 0.25) is 0 Å². The summed E-state index contributed by atoms with van der Waals surface area (Å²) in [6, 6.07) is 1.75. The van der Waals surface area contributed by atoms with Crippen LogP contribution in [0.2, 0.25) is 0 Å². The largest absolute Gasteiger partial charge is 0.317 e. The first kappa shape index (κ1) is 9.70. The van der Waals surface area contributed by atoms with Crippen molar-refractivity contribution in [3.63, 3.8) is 0 Å². The van der Waals surface area contributed by atoms with Crippen LogP contribution in [-0.2, 0) is 7.05 Å². The van der Waals surface area contributed by atoms with Crippen LogP contribution in [0, 0.1) is 17.5 Å². The summed E-state index contributed by atoms with van der Waals surface area (Å²) < 4.78 is 39.9. The van der Waals surface area contributed by atoms with Gasteiger partial charge in [-0.05, 0) is 12.1 Å². The quantitative estimate of drug-likeness (QED) is 0.677. The van der Waals surface area contributed by atoms with Gasteiger partial charge in [-0.15, -0.1) is 10.2 Å². The number of nitrogens with zero attached hydrogens (tertiary/aromatic N) is 3. The van der Waals surface area contributed by atoms with E-state index in [0.717, 1.165) is 12.1 Å². The van der Waals surface area contributed by atoms with Gasteiger partial charge in [0.05, 0.1) is 0 Å². The lowest BCUT2D eigenvalue weighted by Crippen LogP contribution is -1.96. The molecule has 15 heavy (non-hydrogen) atoms. The fourth-order valence-corrected chi connectivity index (χ4v) is 1.23. The minimum Gasteiger partial charge on any atom is -0.317 e. The van der Waals surface area contributed by atoms with Crippen LogP contribution in [0.3, 0.4) is 0 Å². The monoisotopic (exact) mass is 213 g/mol. The van der Waals surface area contributed by atoms with Crippen LogP contribution in [0.15, 0.2) is 18.5 Å². The Bertz CT molecular complexity index is 484. The zero-order valence-corrected chi connectivity index (χ0v) is 7.71. The number of aromatic nitrogens is 3. The van der Waals surface area contributed by atoms with Crippen molar-refractivity contribution in [3.05, 3.63) is 35.9 Å². The molecule has 3 nitrogen and oxygen atoms in total. The van der Waals surface area contributed by atoms with E-state index in [-0.39, 0.29) is 11.4 Å². The first-order chi connectivity index (χ1) is 7.09. The maximum absolute atomic E-state index is 12.9. The van der Waals surface area contributed by atoms with Crippen molar-refractivity contribution < 1.29 is 13.2 Å². The lowest BCUT2D eigenvalue weighted by atomic mass is 10.2. The van der Waals surface area contributed by atoms with Crippen LogP contribution < -0.4 is 0 Å². The molecule has 0 spiro atoms. The van der Waals surface area contributed by atoms with Gasteiger partial charge in [-0.2, -0.15) is 0 Å². The molecular formula is C9H6F3N3. The molecule has 0 saturated heterocycles. The van der Waals surface area contributed by atoms with Gasteiger partial charge in [0.15, 0.2) is 23.3 Å². The molecule has 2 aromatic rings. The SMILES string of the molecule is Cn1cnnc1-c1cc(F)c(F)c(F)c1. The summed E-state index contributed by atoms with van der Waals surface area (Å²) in [6.07, 6.45) is 1.38. The molecule has 78 valence electrons. The van der Waals surface area contributed by atoms with Crippen molar-refractivity contribution >= 4 is 0 Å². The summed E-state index contributed by atoms with van der Waals surface area (Å²) in [5, 5.41) is 7.21. The van der Waals surface area contributed by atoms with E-state index in [2.05, 4.69) is 10.2 Å². The second kappa shape index (κ2) is 3.38. The Balaban J connectivity index is 2.60. The Morgan fingerprint density at radius 1 is 1.13 bits per heavy atom. The predicted octanol–water partition coefficient (Wildman–Crippen LogP) is 1.90. The van der Waals surface area contributed by atoms with Crippen LogP contribution in [0.25, 0.3) is 11.4 Å². The highest BCUT2D eigenvalue weighted by Crippen LogP contribution is 2.21. The highest BCUT2D eigenvalue weighted by Gasteiger charge is 2.13. The molecule has 0 bridgehead atoms. The number of halogens is 3. The van der Waals surface area contributed by atoms with Crippen molar-refractivity contribution in [1.29, 1.82) is 0 Å². The van der Waals surface area contributed by atoms with E-state index < -0.39 is 17.5 Å². The average Bonchev–Trinajstić information content (AvgIpc) is 2.60. The average molecular weight is 213 g/mol. The Hall–Kier alpha value is -1.85. The van der Waals surface area contributed by atoms with Crippen LogP contribution in [0.4, 0.5) is 13.2 Å². The van der Waals surface area contributed by atoms with E-state index in [1.807, 2.05) is 0 Å². The predicted molar refractivity (Wildman–Crippen MR) is 46.3 cm³/mol. The van der Waals surface area contributed by atoms with E-state index in [1.165, 1.54) is 10.9 Å². The topological polar surface area (TPSA) is 30.7 Å². The zero-order valence-electron chi connectivity index (χ0n) is 7.71. The van der Waals surface area contributed by atoms with Gasteiger partial charge in [-0.1, -0.05) is 0 Å². The normalized spacial score (nSPS) is 10.7. The third-order valence-electron chi connectivity index (χ3n) is 1.95. The molecule has 0 N–H and O–H groups in total. The Morgan fingerprint density at radius 3 is 2.20 bits per heavy atom. The van der Waals surface area contributed by atoms with E-state index in [9.17, 15) is 13.2 Å². The maximum atomic E-state index is 12.9. The highest BCUT2D eigenvalue weighted by molar-refractivity contribution is 5.55. The van der Waals surface area contributed by atoms with Gasteiger partial charge in [-0.3, -0.25) is 0 Å². The van der Waals surface area contributed by atoms with E-state index in [1.54, 1.807) is 7.05 Å². The molecule has 0 radical (unpaired) electrons. The molecular weight excluding hydrogens is 207 g/mol. The molecule has 1 heterocycles. The van der Waals surface area contributed by atoms with Gasteiger partial charge >= 0.3 is 0 Å². The van der Waals surface area contributed by atoms with Gasteiger partial charge in [0.1, 0.15) is 6.33 Å². The summed E-state index contributed by atoms with van der Waals surface area (Å²) in [6.45, 7) is 0. The maximum Gasteiger partial charge on any atom is 0.194 e. The van der Waals surface area contributed by atoms with Crippen LogP contribution in [0.5, 0.6) is 0 Å². The molecule has 0 aliphatic heterocycles. The Kier molecular flexibility index (Phi) is 2.18. The van der Waals surface area contributed by atoms with Crippen molar-refractivity contribution in [1.82, 2.24) is 14.8 Å². The second-order valence-corrected chi connectivity index (χ2v) is 3.02. The Labute approximate surface area is 83.2 Å². The van der Waals surface area contributed by atoms with Crippen LogP contribution in [0.1, 0.15) is 0 Å². The highest BCUT2D eigenvalue weighted by atomic mass is 19.2. The summed E-state index contributed by atoms with van der Waals surface area (Å²) in [7, 11) is 1.62. The van der Waals surface area contributed by atoms with Crippen molar-refractivity contribution in [3.8, 4) is 11.4 Å². The van der Waals surface area contributed by atoms with Gasteiger partial charge in [0.25, 0.3) is 0 Å². The Morgan fingerprint density at radius 2 is 1.73 bits per heavy atom. The molecule has 1 aromatic carbocycles. The fourth-order valence-electron chi connectivity index (χ4n) is 1.23. The lowest BCUT2D eigenvalue weighted by molar-refractivity contribution is 0.447. The van der Waals surface area contributed by atoms with Crippen LogP contribution in [-0.4, -0.2) is 14.8 Å². The van der Waals surface area contributed by atoms with Crippen molar-refractivity contribution in [2.45, 2.75) is 0 Å². The molecule has 0 fully saturated rings. The number of hydrogen-bond donors (Lipinski definition) is 0. The third-order valence-corrected chi connectivity index (χ3v) is 1.95. The van der Waals surface area contributed by atoms with Crippen molar-refractivity contribution in [2.75, 3.05) is 0 Å². The third kappa shape index (κ3) is 1.58. The van der Waals surface area contributed by atoms with E-state index >= 15 is 0 Å². The molecule has 0 aliphatic carbocycles. The van der Waals surface area contributed by atoms with E-state index in [4.69, 9.17) is 0 Å². The lowest BCUT2D eigenvalue weighted by Gasteiger charge is -2.02. The molecule has 6 heteroatoms. The van der Waals surface area contributed by atoms with Crippen LogP contribution >= 0.6 is 0 Å². The zero-order chi connectivity index (χ0) is 11.0. The minimum atomic E-state index is -1.49. The smallest absolute Gasteiger partial charge is 0.194 e. The first-order valence-corrected chi connectivity index (χ1v) is 4.08. The summed E-state index contributed by atoms with van der Waals surface area (Å²) in [5.74, 6) is -3.70. The molecule has 0 atom stereocenters. The van der Waals surface area contributed by atoms with E-state index in [0.29, 0.717) is 0 Å². The van der Waals surface area contributed by atoms with Gasteiger partial charge in [-0.25, -0.2) is 13.2 Å². The molecule has 0 saturated carbocycles. The number of benzene rings is 1. The summed E-state index contributed by atoms with van der Waals surface area (Å²) >= 11 is 0. The summed E-state index contributed by atoms with van der Waals surface area (Å²) in [4.78, 5) is 0.